The van der Waals surface area contributed by atoms with Gasteiger partial charge in [-0.15, -0.1) is 0 Å². The number of benzene rings is 2. The fourth-order valence-electron chi connectivity index (χ4n) is 2.40. The van der Waals surface area contributed by atoms with Crippen molar-refractivity contribution in [1.82, 2.24) is 0 Å². The van der Waals surface area contributed by atoms with Crippen molar-refractivity contribution in [2.45, 2.75) is 13.3 Å². The number of rotatable bonds is 9. The Bertz CT molecular complexity index is 699. The van der Waals surface area contributed by atoms with Crippen molar-refractivity contribution in [1.29, 1.82) is 0 Å². The molecule has 0 aliphatic carbocycles. The smallest absolute Gasteiger partial charge is 0.310 e. The quantitative estimate of drug-likeness (QED) is 0.506. The summed E-state index contributed by atoms with van der Waals surface area (Å²) < 4.78 is 26.6. The van der Waals surface area contributed by atoms with E-state index in [0.717, 1.165) is 11.3 Å². The van der Waals surface area contributed by atoms with Gasteiger partial charge in [0.25, 0.3) is 0 Å². The predicted molar refractivity (Wildman–Crippen MR) is 97.4 cm³/mol. The van der Waals surface area contributed by atoms with Crippen LogP contribution in [0.1, 0.15) is 11.1 Å². The summed E-state index contributed by atoms with van der Waals surface area (Å²) in [5.74, 6) is 1.87. The molecule has 2 aromatic carbocycles. The van der Waals surface area contributed by atoms with E-state index in [-0.39, 0.29) is 19.0 Å². The van der Waals surface area contributed by atoms with Gasteiger partial charge in [-0.05, 0) is 36.8 Å². The van der Waals surface area contributed by atoms with Gasteiger partial charge in [0.05, 0.1) is 27.8 Å². The first-order valence-corrected chi connectivity index (χ1v) is 8.21. The van der Waals surface area contributed by atoms with E-state index in [1.807, 2.05) is 31.2 Å². The van der Waals surface area contributed by atoms with Crippen molar-refractivity contribution >= 4 is 5.97 Å². The van der Waals surface area contributed by atoms with Crippen molar-refractivity contribution in [2.75, 3.05) is 34.5 Å². The van der Waals surface area contributed by atoms with E-state index in [9.17, 15) is 4.79 Å². The Morgan fingerprint density at radius 2 is 1.50 bits per heavy atom. The molecule has 26 heavy (non-hydrogen) atoms. The van der Waals surface area contributed by atoms with E-state index in [1.54, 1.807) is 12.1 Å². The Morgan fingerprint density at radius 1 is 0.885 bits per heavy atom. The van der Waals surface area contributed by atoms with Crippen LogP contribution in [0.15, 0.2) is 36.4 Å². The molecule has 0 fully saturated rings. The number of esters is 1. The minimum Gasteiger partial charge on any atom is -0.493 e. The van der Waals surface area contributed by atoms with E-state index >= 15 is 0 Å². The first kappa shape index (κ1) is 19.4. The Kier molecular flexibility index (Phi) is 7.14. The summed E-state index contributed by atoms with van der Waals surface area (Å²) >= 11 is 0. The average Bonchev–Trinajstić information content (AvgIpc) is 2.65. The topological polar surface area (TPSA) is 63.2 Å². The van der Waals surface area contributed by atoms with Crippen LogP contribution >= 0.6 is 0 Å². The molecule has 2 aromatic rings. The van der Waals surface area contributed by atoms with Gasteiger partial charge in [0.2, 0.25) is 5.75 Å². The molecule has 6 nitrogen and oxygen atoms in total. The van der Waals surface area contributed by atoms with Crippen LogP contribution in [-0.2, 0) is 16.0 Å². The molecule has 2 rings (SSSR count). The molecule has 0 bridgehead atoms. The number of hydrogen-bond acceptors (Lipinski definition) is 6. The molecule has 0 aliphatic rings. The average molecular weight is 360 g/mol. The summed E-state index contributed by atoms with van der Waals surface area (Å²) in [6.07, 6.45) is 0.0985. The third-order valence-electron chi connectivity index (χ3n) is 3.71. The fraction of sp³-hybridized carbons (Fsp3) is 0.350. The lowest BCUT2D eigenvalue weighted by molar-refractivity contribution is -0.143. The number of carbonyl (C=O) groups excluding carboxylic acids is 1. The molecule has 0 spiro atoms. The Morgan fingerprint density at radius 3 is 2.04 bits per heavy atom. The molecule has 0 saturated carbocycles. The van der Waals surface area contributed by atoms with E-state index in [0.29, 0.717) is 29.4 Å². The molecular formula is C20H24O6. The van der Waals surface area contributed by atoms with Gasteiger partial charge < -0.3 is 23.7 Å². The van der Waals surface area contributed by atoms with Crippen LogP contribution in [0, 0.1) is 6.92 Å². The zero-order chi connectivity index (χ0) is 18.9. The van der Waals surface area contributed by atoms with Crippen molar-refractivity contribution in [3.8, 4) is 23.0 Å². The van der Waals surface area contributed by atoms with Gasteiger partial charge in [0.15, 0.2) is 11.5 Å². The van der Waals surface area contributed by atoms with Gasteiger partial charge in [-0.1, -0.05) is 17.7 Å². The first-order valence-electron chi connectivity index (χ1n) is 8.21. The second kappa shape index (κ2) is 9.56. The molecule has 0 amide bonds. The monoisotopic (exact) mass is 360 g/mol. The number of aryl methyl sites for hydroxylation is 1. The minimum absolute atomic E-state index is 0.0985. The van der Waals surface area contributed by atoms with Crippen molar-refractivity contribution in [2.24, 2.45) is 0 Å². The van der Waals surface area contributed by atoms with E-state index in [2.05, 4.69) is 0 Å². The van der Waals surface area contributed by atoms with E-state index in [4.69, 9.17) is 23.7 Å². The molecule has 0 atom stereocenters. The fourth-order valence-corrected chi connectivity index (χ4v) is 2.40. The Labute approximate surface area is 153 Å². The van der Waals surface area contributed by atoms with Crippen LogP contribution in [-0.4, -0.2) is 40.5 Å². The molecule has 0 heterocycles. The van der Waals surface area contributed by atoms with Gasteiger partial charge in [-0.2, -0.15) is 0 Å². The summed E-state index contributed by atoms with van der Waals surface area (Å²) in [6, 6.07) is 11.1. The highest BCUT2D eigenvalue weighted by Gasteiger charge is 2.15. The van der Waals surface area contributed by atoms with Gasteiger partial charge >= 0.3 is 5.97 Å². The van der Waals surface area contributed by atoms with Crippen molar-refractivity contribution in [3.63, 3.8) is 0 Å². The molecular weight excluding hydrogens is 336 g/mol. The molecule has 0 N–H and O–H groups in total. The lowest BCUT2D eigenvalue weighted by Crippen LogP contribution is -2.14. The maximum absolute atomic E-state index is 12.0. The minimum atomic E-state index is -0.355. The van der Waals surface area contributed by atoms with Crippen molar-refractivity contribution in [3.05, 3.63) is 47.5 Å². The molecule has 0 unspecified atom stereocenters. The molecule has 0 aromatic heterocycles. The SMILES string of the molecule is COc1cc(CC(=O)OCCOc2ccc(C)cc2)cc(OC)c1OC. The molecule has 0 radical (unpaired) electrons. The highest BCUT2D eigenvalue weighted by atomic mass is 16.6. The zero-order valence-electron chi connectivity index (χ0n) is 15.5. The maximum Gasteiger partial charge on any atom is 0.310 e. The summed E-state index contributed by atoms with van der Waals surface area (Å²) in [5, 5.41) is 0. The van der Waals surface area contributed by atoms with Crippen molar-refractivity contribution < 1.29 is 28.5 Å². The predicted octanol–water partition coefficient (Wildman–Crippen LogP) is 3.19. The number of hydrogen-bond donors (Lipinski definition) is 0. The van der Waals surface area contributed by atoms with Crippen LogP contribution in [0.2, 0.25) is 0 Å². The molecule has 140 valence electrons. The molecule has 0 aliphatic heterocycles. The van der Waals surface area contributed by atoms with Gasteiger partial charge in [0, 0.05) is 0 Å². The van der Waals surface area contributed by atoms with E-state index < -0.39 is 0 Å². The maximum atomic E-state index is 12.0. The van der Waals surface area contributed by atoms with Gasteiger partial charge in [0.1, 0.15) is 19.0 Å². The van der Waals surface area contributed by atoms with Gasteiger partial charge in [-0.3, -0.25) is 4.79 Å². The second-order valence-electron chi connectivity index (χ2n) is 5.59. The van der Waals surface area contributed by atoms with Crippen LogP contribution in [0.5, 0.6) is 23.0 Å². The summed E-state index contributed by atoms with van der Waals surface area (Å²) in [4.78, 5) is 12.0. The van der Waals surface area contributed by atoms with E-state index in [1.165, 1.54) is 21.3 Å². The largest absolute Gasteiger partial charge is 0.493 e. The number of carbonyl (C=O) groups is 1. The normalized spacial score (nSPS) is 10.2. The molecule has 6 heteroatoms. The lowest BCUT2D eigenvalue weighted by Gasteiger charge is -2.14. The second-order valence-corrected chi connectivity index (χ2v) is 5.59. The highest BCUT2D eigenvalue weighted by Crippen LogP contribution is 2.38. The first-order chi connectivity index (χ1) is 12.6. The lowest BCUT2D eigenvalue weighted by atomic mass is 10.1. The Balaban J connectivity index is 1.86. The number of methoxy groups -OCH3 is 3. The summed E-state index contributed by atoms with van der Waals surface area (Å²) in [6.45, 7) is 2.48. The third-order valence-corrected chi connectivity index (χ3v) is 3.71. The van der Waals surface area contributed by atoms with Gasteiger partial charge in [-0.25, -0.2) is 0 Å². The standard InChI is InChI=1S/C20H24O6/c1-14-5-7-16(8-6-14)25-9-10-26-19(21)13-15-11-17(22-2)20(24-4)18(12-15)23-3/h5-8,11-12H,9-10,13H2,1-4H3. The Hall–Kier alpha value is -2.89. The van der Waals surface area contributed by atoms with Crippen LogP contribution < -0.4 is 18.9 Å². The third kappa shape index (κ3) is 5.31. The van der Waals surface area contributed by atoms with Crippen LogP contribution in [0.4, 0.5) is 0 Å². The van der Waals surface area contributed by atoms with Crippen LogP contribution in [0.25, 0.3) is 0 Å². The summed E-state index contributed by atoms with van der Waals surface area (Å²) in [5.41, 5.74) is 1.87. The number of ether oxygens (including phenoxy) is 5. The summed E-state index contributed by atoms with van der Waals surface area (Å²) in [7, 11) is 4.59. The zero-order valence-corrected chi connectivity index (χ0v) is 15.5. The van der Waals surface area contributed by atoms with Crippen LogP contribution in [0.3, 0.4) is 0 Å². The highest BCUT2D eigenvalue weighted by molar-refractivity contribution is 5.73. The molecule has 0 saturated heterocycles.